The number of carbonyl (C=O) groups excluding carboxylic acids is 2. The Morgan fingerprint density at radius 3 is 2.40 bits per heavy atom. The van der Waals surface area contributed by atoms with Crippen LogP contribution in [0.1, 0.15) is 13.3 Å². The zero-order chi connectivity index (χ0) is 12.1. The molecule has 0 aromatic heterocycles. The van der Waals surface area contributed by atoms with Crippen molar-refractivity contribution >= 4 is 19.3 Å². The fraction of sp³-hybridized carbons (Fsp3) is 0.714. The number of rotatable bonds is 6. The zero-order valence-electron chi connectivity index (χ0n) is 8.25. The summed E-state index contributed by atoms with van der Waals surface area (Å²) >= 11 is 0. The molecule has 0 bridgehead atoms. The standard InChI is InChI=1S/C7H14NO6P/c1-2-14-7(10)6(8)3-5(9)4-15(11,12)13/h6H,2-4,8H2,1H3,(H2,11,12,13)/t6-/m0/s1. The largest absolute Gasteiger partial charge is 0.465 e. The molecule has 7 nitrogen and oxygen atoms in total. The molecule has 0 aliphatic carbocycles. The average Bonchev–Trinajstić information content (AvgIpc) is 2.00. The third-order valence-corrected chi connectivity index (χ3v) is 2.18. The van der Waals surface area contributed by atoms with E-state index in [0.29, 0.717) is 0 Å². The molecule has 0 aromatic rings. The maximum Gasteiger partial charge on any atom is 0.332 e. The maximum absolute atomic E-state index is 11.0. The molecule has 88 valence electrons. The Morgan fingerprint density at radius 1 is 1.47 bits per heavy atom. The van der Waals surface area contributed by atoms with Crippen molar-refractivity contribution in [1.82, 2.24) is 0 Å². The molecule has 15 heavy (non-hydrogen) atoms. The SMILES string of the molecule is CCOC(=O)[C@@H](N)CC(=O)CP(=O)(O)O. The van der Waals surface area contributed by atoms with E-state index in [1.807, 2.05) is 0 Å². The summed E-state index contributed by atoms with van der Waals surface area (Å²) in [6.45, 7) is 1.72. The van der Waals surface area contributed by atoms with E-state index in [1.54, 1.807) is 6.92 Å². The van der Waals surface area contributed by atoms with Crippen LogP contribution in [-0.4, -0.2) is 40.4 Å². The van der Waals surface area contributed by atoms with Crippen LogP contribution in [0.25, 0.3) is 0 Å². The number of nitrogens with two attached hydrogens (primary N) is 1. The second-order valence-electron chi connectivity index (χ2n) is 2.92. The van der Waals surface area contributed by atoms with Gasteiger partial charge in [0.05, 0.1) is 6.61 Å². The molecular weight excluding hydrogens is 225 g/mol. The van der Waals surface area contributed by atoms with Crippen LogP contribution in [0.15, 0.2) is 0 Å². The van der Waals surface area contributed by atoms with E-state index in [9.17, 15) is 14.2 Å². The molecule has 1 atom stereocenters. The van der Waals surface area contributed by atoms with E-state index < -0.39 is 38.0 Å². The first-order chi connectivity index (χ1) is 6.76. The van der Waals surface area contributed by atoms with Gasteiger partial charge >= 0.3 is 13.6 Å². The van der Waals surface area contributed by atoms with Gasteiger partial charge in [0.25, 0.3) is 0 Å². The third kappa shape index (κ3) is 7.21. The smallest absolute Gasteiger partial charge is 0.332 e. The summed E-state index contributed by atoms with van der Waals surface area (Å²) in [5.74, 6) is -1.51. The highest BCUT2D eigenvalue weighted by molar-refractivity contribution is 7.52. The van der Waals surface area contributed by atoms with Crippen molar-refractivity contribution in [2.45, 2.75) is 19.4 Å². The van der Waals surface area contributed by atoms with Gasteiger partial charge in [-0.2, -0.15) is 0 Å². The summed E-state index contributed by atoms with van der Waals surface area (Å²) in [7, 11) is -4.38. The molecule has 0 amide bonds. The van der Waals surface area contributed by atoms with Gasteiger partial charge in [-0.05, 0) is 6.92 Å². The van der Waals surface area contributed by atoms with Gasteiger partial charge in [-0.1, -0.05) is 0 Å². The molecule has 0 aromatic carbocycles. The van der Waals surface area contributed by atoms with Crippen molar-refractivity contribution in [3.05, 3.63) is 0 Å². The molecule has 4 N–H and O–H groups in total. The molecule has 8 heteroatoms. The normalized spacial score (nSPS) is 13.3. The molecule has 0 unspecified atom stereocenters. The summed E-state index contributed by atoms with van der Waals surface area (Å²) < 4.78 is 15.0. The Bertz CT molecular complexity index is 285. The summed E-state index contributed by atoms with van der Waals surface area (Å²) in [4.78, 5) is 38.9. The summed E-state index contributed by atoms with van der Waals surface area (Å²) in [5, 5.41) is 0. The van der Waals surface area contributed by atoms with E-state index in [4.69, 9.17) is 15.5 Å². The summed E-state index contributed by atoms with van der Waals surface area (Å²) in [6, 6.07) is -1.16. The van der Waals surface area contributed by atoms with Crippen LogP contribution in [0.2, 0.25) is 0 Å². The Morgan fingerprint density at radius 2 is 2.00 bits per heavy atom. The highest BCUT2D eigenvalue weighted by Crippen LogP contribution is 2.34. The lowest BCUT2D eigenvalue weighted by molar-refractivity contribution is -0.145. The second-order valence-corrected chi connectivity index (χ2v) is 4.57. The minimum Gasteiger partial charge on any atom is -0.465 e. The zero-order valence-corrected chi connectivity index (χ0v) is 9.15. The van der Waals surface area contributed by atoms with E-state index in [2.05, 4.69) is 4.74 Å². The number of hydrogen-bond donors (Lipinski definition) is 3. The maximum atomic E-state index is 11.0. The van der Waals surface area contributed by atoms with Crippen LogP contribution in [0.4, 0.5) is 0 Å². The molecule has 0 aliphatic heterocycles. The number of ether oxygens (including phenoxy) is 1. The molecule has 0 saturated heterocycles. The van der Waals surface area contributed by atoms with Gasteiger partial charge in [-0.25, -0.2) is 0 Å². The number of hydrogen-bond acceptors (Lipinski definition) is 5. The lowest BCUT2D eigenvalue weighted by Gasteiger charge is -2.09. The summed E-state index contributed by atoms with van der Waals surface area (Å²) in [5.41, 5.74) is 5.27. The number of Topliss-reactive ketones (excluding diaryl/α,β-unsaturated/α-hetero) is 1. The van der Waals surface area contributed by atoms with E-state index in [-0.39, 0.29) is 6.61 Å². The Labute approximate surface area is 86.8 Å². The molecule has 0 spiro atoms. The van der Waals surface area contributed by atoms with Crippen molar-refractivity contribution in [2.24, 2.45) is 5.73 Å². The van der Waals surface area contributed by atoms with Crippen molar-refractivity contribution in [1.29, 1.82) is 0 Å². The minimum absolute atomic E-state index is 0.138. The average molecular weight is 239 g/mol. The van der Waals surface area contributed by atoms with Gasteiger partial charge in [0.1, 0.15) is 18.0 Å². The fourth-order valence-electron chi connectivity index (χ4n) is 0.872. The van der Waals surface area contributed by atoms with E-state index in [1.165, 1.54) is 0 Å². The molecule has 0 rings (SSSR count). The van der Waals surface area contributed by atoms with E-state index >= 15 is 0 Å². The first-order valence-corrected chi connectivity index (χ1v) is 6.04. The minimum atomic E-state index is -4.38. The monoisotopic (exact) mass is 239 g/mol. The highest BCUT2D eigenvalue weighted by Gasteiger charge is 2.24. The molecule has 0 aliphatic rings. The lowest BCUT2D eigenvalue weighted by atomic mass is 10.2. The molecule has 0 radical (unpaired) electrons. The highest BCUT2D eigenvalue weighted by atomic mass is 31.2. The fourth-order valence-corrected chi connectivity index (χ4v) is 1.46. The van der Waals surface area contributed by atoms with Crippen molar-refractivity contribution in [3.8, 4) is 0 Å². The number of esters is 1. The quantitative estimate of drug-likeness (QED) is 0.401. The lowest BCUT2D eigenvalue weighted by Crippen LogP contribution is -2.35. The van der Waals surface area contributed by atoms with Crippen LogP contribution in [0, 0.1) is 0 Å². The summed E-state index contributed by atoms with van der Waals surface area (Å²) in [6.07, 6.45) is -1.33. The Kier molecular flexibility index (Phi) is 5.67. The number of carbonyl (C=O) groups is 2. The van der Waals surface area contributed by atoms with Crippen LogP contribution in [-0.2, 0) is 18.9 Å². The van der Waals surface area contributed by atoms with Crippen molar-refractivity contribution < 1.29 is 28.7 Å². The van der Waals surface area contributed by atoms with Gasteiger partial charge in [0, 0.05) is 6.42 Å². The molecule has 0 fully saturated rings. The molecule has 0 saturated carbocycles. The van der Waals surface area contributed by atoms with Crippen LogP contribution in [0.3, 0.4) is 0 Å². The molecule has 0 heterocycles. The Balaban J connectivity index is 4.07. The topological polar surface area (TPSA) is 127 Å². The predicted octanol–water partition coefficient (Wildman–Crippen LogP) is -0.986. The van der Waals surface area contributed by atoms with Crippen molar-refractivity contribution in [2.75, 3.05) is 12.8 Å². The van der Waals surface area contributed by atoms with Gasteiger partial charge in [-0.15, -0.1) is 0 Å². The third-order valence-electron chi connectivity index (χ3n) is 1.42. The van der Waals surface area contributed by atoms with Gasteiger partial charge in [0.15, 0.2) is 0 Å². The second kappa shape index (κ2) is 5.97. The van der Waals surface area contributed by atoms with Gasteiger partial charge in [-0.3, -0.25) is 14.2 Å². The Hall–Kier alpha value is -0.750. The predicted molar refractivity (Wildman–Crippen MR) is 51.1 cm³/mol. The first-order valence-electron chi connectivity index (χ1n) is 4.24. The van der Waals surface area contributed by atoms with Crippen molar-refractivity contribution in [3.63, 3.8) is 0 Å². The van der Waals surface area contributed by atoms with Crippen LogP contribution >= 0.6 is 7.60 Å². The first kappa shape index (κ1) is 14.2. The van der Waals surface area contributed by atoms with Crippen LogP contribution < -0.4 is 5.73 Å². The molecular formula is C7H14NO6P. The van der Waals surface area contributed by atoms with E-state index in [0.717, 1.165) is 0 Å². The van der Waals surface area contributed by atoms with Crippen LogP contribution in [0.5, 0.6) is 0 Å². The van der Waals surface area contributed by atoms with Gasteiger partial charge in [0.2, 0.25) is 0 Å². The van der Waals surface area contributed by atoms with Gasteiger partial charge < -0.3 is 20.3 Å². The number of ketones is 1.